The van der Waals surface area contributed by atoms with Crippen molar-refractivity contribution in [2.24, 2.45) is 0 Å². The van der Waals surface area contributed by atoms with Crippen LogP contribution in [0.1, 0.15) is 46.2 Å². The van der Waals surface area contributed by atoms with Gasteiger partial charge in [0.15, 0.2) is 5.82 Å². The summed E-state index contributed by atoms with van der Waals surface area (Å²) < 4.78 is 0. The van der Waals surface area contributed by atoms with E-state index in [-0.39, 0.29) is 0 Å². The number of rotatable bonds is 2. The van der Waals surface area contributed by atoms with Crippen LogP contribution in [0.15, 0.2) is 193 Å². The van der Waals surface area contributed by atoms with E-state index in [4.69, 9.17) is 9.97 Å². The summed E-state index contributed by atoms with van der Waals surface area (Å²) in [6.07, 6.45) is 7.18. The Bertz CT molecular complexity index is 2860. The van der Waals surface area contributed by atoms with E-state index in [1.807, 2.05) is 0 Å². The Morgan fingerprint density at radius 1 is 0.370 bits per heavy atom. The number of hydrogen-bond acceptors (Lipinski definition) is 2. The van der Waals surface area contributed by atoms with Gasteiger partial charge in [0.25, 0.3) is 0 Å². The maximum atomic E-state index is 5.40. The summed E-state index contributed by atoms with van der Waals surface area (Å²) in [4.78, 5) is 10.7. The molecule has 2 spiro atoms. The second kappa shape index (κ2) is 10.9. The van der Waals surface area contributed by atoms with Crippen molar-refractivity contribution in [1.29, 1.82) is 0 Å². The highest BCUT2D eigenvalue weighted by Crippen LogP contribution is 2.69. The lowest BCUT2D eigenvalue weighted by Crippen LogP contribution is -2.46. The molecule has 4 aliphatic rings. The molecule has 0 aliphatic heterocycles. The van der Waals surface area contributed by atoms with Gasteiger partial charge in [-0.25, -0.2) is 9.97 Å². The largest absolute Gasteiger partial charge is 0.228 e. The van der Waals surface area contributed by atoms with Crippen molar-refractivity contribution in [2.45, 2.75) is 23.7 Å². The topological polar surface area (TPSA) is 25.8 Å². The third-order valence-corrected chi connectivity index (χ3v) is 12.6. The lowest BCUT2D eigenvalue weighted by atomic mass is 9.49. The van der Waals surface area contributed by atoms with Crippen LogP contribution in [0.4, 0.5) is 0 Å². The molecule has 0 saturated heterocycles. The van der Waals surface area contributed by atoms with Crippen molar-refractivity contribution in [1.82, 2.24) is 9.97 Å². The smallest absolute Gasteiger partial charge is 0.160 e. The standard InChI is InChI=1S/C52H34N2/c1-2-16-33(17-3-1)49-39-22-8-15-29-48(39)53-50(54-49)34-30-31-46-47(32-34)52(42-25-11-6-20-37(42)38-21-7-12-26-43(38)52)45-28-14-13-27-44(45)51(46)40-23-9-4-18-35(40)36-19-5-10-24-41(36)51/h1-12,15-32H,13-14H2. The molecule has 0 fully saturated rings. The minimum absolute atomic E-state index is 0.468. The SMILES string of the molecule is C1=C2C(=CCC1)C1(c3ccccc3-c3ccccc31)c1cc(-c3nc(-c4ccccc4)c4ccccc4n3)ccc1C21c2ccccc2-c2ccccc21. The van der Waals surface area contributed by atoms with Crippen LogP contribution in [0, 0.1) is 0 Å². The lowest BCUT2D eigenvalue weighted by Gasteiger charge is -2.52. The maximum Gasteiger partial charge on any atom is 0.160 e. The molecule has 0 bridgehead atoms. The molecule has 0 radical (unpaired) electrons. The number of benzene rings is 7. The first-order valence-corrected chi connectivity index (χ1v) is 19.1. The number of fused-ring (bicyclic) bond motifs is 17. The molecular formula is C52H34N2. The highest BCUT2D eigenvalue weighted by Gasteiger charge is 2.61. The van der Waals surface area contributed by atoms with Gasteiger partial charge in [-0.15, -0.1) is 0 Å². The second-order valence-electron chi connectivity index (χ2n) is 15.0. The normalized spacial score (nSPS) is 16.1. The molecule has 7 aromatic carbocycles. The molecule has 0 N–H and O–H groups in total. The molecule has 12 rings (SSSR count). The van der Waals surface area contributed by atoms with Crippen molar-refractivity contribution >= 4 is 10.9 Å². The summed E-state index contributed by atoms with van der Waals surface area (Å²) in [6.45, 7) is 0. The minimum atomic E-state index is -0.512. The zero-order valence-corrected chi connectivity index (χ0v) is 29.6. The molecule has 2 nitrogen and oxygen atoms in total. The summed E-state index contributed by atoms with van der Waals surface area (Å²) in [5, 5.41) is 1.06. The summed E-state index contributed by atoms with van der Waals surface area (Å²) in [6, 6.07) is 62.6. The first-order valence-electron chi connectivity index (χ1n) is 19.1. The zero-order valence-electron chi connectivity index (χ0n) is 29.6. The van der Waals surface area contributed by atoms with E-state index in [0.717, 1.165) is 46.4 Å². The first-order chi connectivity index (χ1) is 26.8. The monoisotopic (exact) mass is 686 g/mol. The van der Waals surface area contributed by atoms with E-state index >= 15 is 0 Å². The quantitative estimate of drug-likeness (QED) is 0.181. The van der Waals surface area contributed by atoms with Gasteiger partial charge in [0.1, 0.15) is 0 Å². The van der Waals surface area contributed by atoms with Crippen LogP contribution in [-0.4, -0.2) is 9.97 Å². The fourth-order valence-corrected chi connectivity index (χ4v) is 10.6. The average Bonchev–Trinajstić information content (AvgIpc) is 3.71. The van der Waals surface area contributed by atoms with Gasteiger partial charge in [-0.1, -0.05) is 170 Å². The number of para-hydroxylation sites is 1. The van der Waals surface area contributed by atoms with Gasteiger partial charge in [0.2, 0.25) is 0 Å². The van der Waals surface area contributed by atoms with Crippen LogP contribution in [0.5, 0.6) is 0 Å². The Balaban J connectivity index is 1.24. The van der Waals surface area contributed by atoms with Gasteiger partial charge in [-0.2, -0.15) is 0 Å². The highest BCUT2D eigenvalue weighted by atomic mass is 14.9. The van der Waals surface area contributed by atoms with Gasteiger partial charge in [-0.3, -0.25) is 0 Å². The van der Waals surface area contributed by atoms with Crippen molar-refractivity contribution in [3.63, 3.8) is 0 Å². The molecule has 0 saturated carbocycles. The number of aromatic nitrogens is 2. The average molecular weight is 687 g/mol. The van der Waals surface area contributed by atoms with Crippen LogP contribution in [0.2, 0.25) is 0 Å². The summed E-state index contributed by atoms with van der Waals surface area (Å²) >= 11 is 0. The Hall–Kier alpha value is -6.64. The van der Waals surface area contributed by atoms with Crippen LogP contribution >= 0.6 is 0 Å². The molecule has 1 heterocycles. The Morgan fingerprint density at radius 3 is 1.43 bits per heavy atom. The van der Waals surface area contributed by atoms with Crippen LogP contribution in [0.3, 0.4) is 0 Å². The van der Waals surface area contributed by atoms with E-state index in [1.165, 1.54) is 66.8 Å². The van der Waals surface area contributed by atoms with Gasteiger partial charge in [0.05, 0.1) is 22.0 Å². The lowest BCUT2D eigenvalue weighted by molar-refractivity contribution is 0.604. The van der Waals surface area contributed by atoms with E-state index in [1.54, 1.807) is 0 Å². The van der Waals surface area contributed by atoms with Gasteiger partial charge < -0.3 is 0 Å². The van der Waals surface area contributed by atoms with Gasteiger partial charge in [-0.05, 0) is 91.8 Å². The maximum absolute atomic E-state index is 5.40. The summed E-state index contributed by atoms with van der Waals surface area (Å²) in [7, 11) is 0. The van der Waals surface area contributed by atoms with Gasteiger partial charge in [0, 0.05) is 16.5 Å². The van der Waals surface area contributed by atoms with Gasteiger partial charge >= 0.3 is 0 Å². The third kappa shape index (κ3) is 3.65. The van der Waals surface area contributed by atoms with Crippen molar-refractivity contribution in [3.05, 3.63) is 227 Å². The molecule has 0 unspecified atom stereocenters. The molecule has 54 heavy (non-hydrogen) atoms. The molecule has 0 atom stereocenters. The van der Waals surface area contributed by atoms with Crippen molar-refractivity contribution < 1.29 is 0 Å². The predicted molar refractivity (Wildman–Crippen MR) is 219 cm³/mol. The zero-order chi connectivity index (χ0) is 35.4. The van der Waals surface area contributed by atoms with E-state index in [9.17, 15) is 0 Å². The number of hydrogen-bond donors (Lipinski definition) is 0. The predicted octanol–water partition coefficient (Wildman–Crippen LogP) is 12.3. The molecule has 252 valence electrons. The van der Waals surface area contributed by atoms with Crippen LogP contribution in [-0.2, 0) is 10.8 Å². The highest BCUT2D eigenvalue weighted by molar-refractivity contribution is 5.97. The number of allylic oxidation sites excluding steroid dienone is 4. The molecule has 1 aromatic heterocycles. The molecule has 8 aromatic rings. The molecule has 0 amide bonds. The van der Waals surface area contributed by atoms with E-state index < -0.39 is 10.8 Å². The molecular weight excluding hydrogens is 653 g/mol. The third-order valence-electron chi connectivity index (χ3n) is 12.6. The fourth-order valence-electron chi connectivity index (χ4n) is 10.6. The van der Waals surface area contributed by atoms with E-state index in [0.29, 0.717) is 0 Å². The fraction of sp³-hybridized carbons (Fsp3) is 0.0769. The Labute approximate surface area is 314 Å². The first kappa shape index (κ1) is 29.9. The minimum Gasteiger partial charge on any atom is -0.228 e. The Morgan fingerprint density at radius 2 is 0.852 bits per heavy atom. The Kier molecular flexibility index (Phi) is 6.06. The molecule has 2 heteroatoms. The van der Waals surface area contributed by atoms with Crippen LogP contribution in [0.25, 0.3) is 55.8 Å². The van der Waals surface area contributed by atoms with Crippen LogP contribution < -0.4 is 0 Å². The summed E-state index contributed by atoms with van der Waals surface area (Å²) in [5.74, 6) is 0.741. The molecule has 4 aliphatic carbocycles. The second-order valence-corrected chi connectivity index (χ2v) is 15.0. The van der Waals surface area contributed by atoms with Crippen molar-refractivity contribution in [2.75, 3.05) is 0 Å². The summed E-state index contributed by atoms with van der Waals surface area (Å²) in [5.41, 5.74) is 19.2. The van der Waals surface area contributed by atoms with E-state index in [2.05, 4.69) is 182 Å². The van der Waals surface area contributed by atoms with Crippen molar-refractivity contribution in [3.8, 4) is 44.9 Å². The number of nitrogens with zero attached hydrogens (tertiary/aromatic N) is 2.